The van der Waals surface area contributed by atoms with E-state index in [4.69, 9.17) is 21.3 Å². The van der Waals surface area contributed by atoms with Gasteiger partial charge in [0.15, 0.2) is 8.32 Å². The lowest BCUT2D eigenvalue weighted by Gasteiger charge is -2.22. The minimum atomic E-state index is -1.51. The SMILES string of the molecule is C[Si](C)(C)OC(CCl)CC#N. The van der Waals surface area contributed by atoms with Gasteiger partial charge < -0.3 is 4.43 Å². The van der Waals surface area contributed by atoms with E-state index in [0.717, 1.165) is 0 Å². The average Bonchev–Trinajstić information content (AvgIpc) is 1.84. The van der Waals surface area contributed by atoms with Crippen LogP contribution in [0.15, 0.2) is 0 Å². The molecule has 0 rings (SSSR count). The summed E-state index contributed by atoms with van der Waals surface area (Å²) in [5, 5.41) is 8.39. The molecule has 0 aliphatic heterocycles. The van der Waals surface area contributed by atoms with E-state index in [-0.39, 0.29) is 6.10 Å². The van der Waals surface area contributed by atoms with Crippen LogP contribution in [-0.4, -0.2) is 20.3 Å². The van der Waals surface area contributed by atoms with E-state index in [1.165, 1.54) is 0 Å². The van der Waals surface area contributed by atoms with Crippen LogP contribution in [0.3, 0.4) is 0 Å². The van der Waals surface area contributed by atoms with E-state index in [1.807, 2.05) is 0 Å². The van der Waals surface area contributed by atoms with Gasteiger partial charge in [0.1, 0.15) is 0 Å². The van der Waals surface area contributed by atoms with Crippen molar-refractivity contribution in [2.75, 3.05) is 5.88 Å². The Bertz CT molecular complexity index is 150. The fourth-order valence-electron chi connectivity index (χ4n) is 0.730. The summed E-state index contributed by atoms with van der Waals surface area (Å²) in [5.74, 6) is 0.415. The number of nitrogens with zero attached hydrogens (tertiary/aromatic N) is 1. The molecule has 0 aliphatic carbocycles. The molecule has 0 aromatic carbocycles. The molecule has 0 bridgehead atoms. The highest BCUT2D eigenvalue weighted by molar-refractivity contribution is 6.69. The Balaban J connectivity index is 3.80. The third kappa shape index (κ3) is 6.36. The van der Waals surface area contributed by atoms with Crippen molar-refractivity contribution in [3.05, 3.63) is 0 Å². The molecule has 0 aliphatic rings. The van der Waals surface area contributed by atoms with Crippen molar-refractivity contribution in [2.45, 2.75) is 32.2 Å². The number of alkyl halides is 1. The predicted octanol–water partition coefficient (Wildman–Crippen LogP) is 2.36. The monoisotopic (exact) mass is 191 g/mol. The highest BCUT2D eigenvalue weighted by atomic mass is 35.5. The Morgan fingerprint density at radius 3 is 2.36 bits per heavy atom. The van der Waals surface area contributed by atoms with Crippen molar-refractivity contribution in [2.24, 2.45) is 0 Å². The van der Waals surface area contributed by atoms with Gasteiger partial charge >= 0.3 is 0 Å². The summed E-state index contributed by atoms with van der Waals surface area (Å²) in [6.07, 6.45) is 0.321. The van der Waals surface area contributed by atoms with Gasteiger partial charge in [0, 0.05) is 5.88 Å². The lowest BCUT2D eigenvalue weighted by Crippen LogP contribution is -2.32. The minimum Gasteiger partial charge on any atom is -0.412 e. The van der Waals surface area contributed by atoms with Gasteiger partial charge in [-0.15, -0.1) is 11.6 Å². The van der Waals surface area contributed by atoms with E-state index in [0.29, 0.717) is 12.3 Å². The maximum Gasteiger partial charge on any atom is 0.184 e. The molecule has 4 heteroatoms. The molecule has 1 unspecified atom stereocenters. The number of rotatable bonds is 4. The fraction of sp³-hybridized carbons (Fsp3) is 0.857. The molecule has 0 fully saturated rings. The van der Waals surface area contributed by atoms with Crippen molar-refractivity contribution in [1.82, 2.24) is 0 Å². The van der Waals surface area contributed by atoms with Crippen molar-refractivity contribution >= 4 is 19.9 Å². The standard InChI is InChI=1S/C7H14ClNOSi/c1-11(2,3)10-7(6-8)4-5-9/h7H,4,6H2,1-3H3. The zero-order chi connectivity index (χ0) is 8.91. The molecule has 64 valence electrons. The predicted molar refractivity (Wildman–Crippen MR) is 49.2 cm³/mol. The van der Waals surface area contributed by atoms with Crippen LogP contribution in [0.1, 0.15) is 6.42 Å². The summed E-state index contributed by atoms with van der Waals surface area (Å²) in [6.45, 7) is 6.26. The highest BCUT2D eigenvalue weighted by Gasteiger charge is 2.19. The number of hydrogen-bond acceptors (Lipinski definition) is 2. The Kier molecular flexibility index (Phi) is 4.74. The van der Waals surface area contributed by atoms with Crippen molar-refractivity contribution in [1.29, 1.82) is 5.26 Å². The number of hydrogen-bond donors (Lipinski definition) is 0. The van der Waals surface area contributed by atoms with Crippen molar-refractivity contribution < 1.29 is 4.43 Å². The zero-order valence-corrected chi connectivity index (χ0v) is 8.98. The summed E-state index contributed by atoms with van der Waals surface area (Å²) in [6, 6.07) is 2.05. The second-order valence-corrected chi connectivity index (χ2v) is 8.14. The van der Waals surface area contributed by atoms with Gasteiger partial charge in [0.2, 0.25) is 0 Å². The molecule has 0 aromatic rings. The summed E-state index contributed by atoms with van der Waals surface area (Å²) in [5.41, 5.74) is 0. The normalized spacial score (nSPS) is 14.1. The molecule has 0 amide bonds. The Morgan fingerprint density at radius 2 is 2.09 bits per heavy atom. The topological polar surface area (TPSA) is 33.0 Å². The summed E-state index contributed by atoms with van der Waals surface area (Å²) >= 11 is 5.60. The van der Waals surface area contributed by atoms with E-state index in [1.54, 1.807) is 0 Å². The van der Waals surface area contributed by atoms with E-state index in [2.05, 4.69) is 25.7 Å². The summed E-state index contributed by atoms with van der Waals surface area (Å²) < 4.78 is 5.61. The molecular formula is C7H14ClNOSi. The second-order valence-electron chi connectivity index (χ2n) is 3.37. The maximum absolute atomic E-state index is 8.39. The lowest BCUT2D eigenvalue weighted by atomic mass is 10.3. The first-order valence-corrected chi connectivity index (χ1v) is 7.54. The Hall–Kier alpha value is -0.0431. The maximum atomic E-state index is 8.39. The molecule has 0 radical (unpaired) electrons. The highest BCUT2D eigenvalue weighted by Crippen LogP contribution is 2.10. The average molecular weight is 192 g/mol. The van der Waals surface area contributed by atoms with Gasteiger partial charge in [-0.2, -0.15) is 5.26 Å². The molecule has 0 N–H and O–H groups in total. The molecule has 0 spiro atoms. The first-order valence-electron chi connectivity index (χ1n) is 3.60. The van der Waals surface area contributed by atoms with Gasteiger partial charge in [-0.3, -0.25) is 0 Å². The smallest absolute Gasteiger partial charge is 0.184 e. The van der Waals surface area contributed by atoms with Gasteiger partial charge in [-0.1, -0.05) is 0 Å². The van der Waals surface area contributed by atoms with Crippen LogP contribution >= 0.6 is 11.6 Å². The third-order valence-corrected chi connectivity index (χ3v) is 2.40. The van der Waals surface area contributed by atoms with Gasteiger partial charge in [-0.25, -0.2) is 0 Å². The fourth-order valence-corrected chi connectivity index (χ4v) is 2.17. The molecule has 2 nitrogen and oxygen atoms in total. The van der Waals surface area contributed by atoms with Crippen LogP contribution in [0, 0.1) is 11.3 Å². The Labute approximate surface area is 74.2 Å². The van der Waals surface area contributed by atoms with E-state index in [9.17, 15) is 0 Å². The molecular weight excluding hydrogens is 178 g/mol. The van der Waals surface area contributed by atoms with Gasteiger partial charge in [-0.05, 0) is 19.6 Å². The largest absolute Gasteiger partial charge is 0.412 e. The van der Waals surface area contributed by atoms with Gasteiger partial charge in [0.25, 0.3) is 0 Å². The summed E-state index contributed by atoms with van der Waals surface area (Å²) in [7, 11) is -1.51. The number of nitriles is 1. The van der Waals surface area contributed by atoms with Crippen molar-refractivity contribution in [3.8, 4) is 6.07 Å². The molecule has 0 heterocycles. The van der Waals surface area contributed by atoms with Crippen molar-refractivity contribution in [3.63, 3.8) is 0 Å². The quantitative estimate of drug-likeness (QED) is 0.505. The first kappa shape index (κ1) is 11.0. The molecule has 0 saturated carbocycles. The van der Waals surface area contributed by atoms with Crippen LogP contribution < -0.4 is 0 Å². The van der Waals surface area contributed by atoms with E-state index < -0.39 is 8.32 Å². The van der Waals surface area contributed by atoms with E-state index >= 15 is 0 Å². The first-order chi connectivity index (χ1) is 4.99. The van der Waals surface area contributed by atoms with Crippen LogP contribution in [0.5, 0.6) is 0 Å². The van der Waals surface area contributed by atoms with Crippen LogP contribution in [0.2, 0.25) is 19.6 Å². The van der Waals surface area contributed by atoms with Crippen LogP contribution in [0.4, 0.5) is 0 Å². The van der Waals surface area contributed by atoms with Crippen LogP contribution in [-0.2, 0) is 4.43 Å². The Morgan fingerprint density at radius 1 is 1.55 bits per heavy atom. The minimum absolute atomic E-state index is 0.0756. The lowest BCUT2D eigenvalue weighted by molar-refractivity contribution is 0.223. The number of halogens is 1. The van der Waals surface area contributed by atoms with Crippen LogP contribution in [0.25, 0.3) is 0 Å². The van der Waals surface area contributed by atoms with Gasteiger partial charge in [0.05, 0.1) is 18.6 Å². The molecule has 11 heavy (non-hydrogen) atoms. The third-order valence-electron chi connectivity index (χ3n) is 1.01. The second kappa shape index (κ2) is 4.76. The molecule has 1 atom stereocenters. The zero-order valence-electron chi connectivity index (χ0n) is 7.22. The molecule has 0 saturated heterocycles. The summed E-state index contributed by atoms with van der Waals surface area (Å²) in [4.78, 5) is 0. The molecule has 0 aromatic heterocycles.